The van der Waals surface area contributed by atoms with E-state index in [4.69, 9.17) is 18.0 Å². The average Bonchev–Trinajstić information content (AvgIpc) is 2.40. The van der Waals surface area contributed by atoms with Gasteiger partial charge in [-0.2, -0.15) is 0 Å². The third kappa shape index (κ3) is 3.24. The van der Waals surface area contributed by atoms with Gasteiger partial charge in [0.2, 0.25) is 0 Å². The maximum Gasteiger partial charge on any atom is 0.103 e. The summed E-state index contributed by atoms with van der Waals surface area (Å²) in [5.74, 6) is 0. The summed E-state index contributed by atoms with van der Waals surface area (Å²) in [4.78, 5) is 1.68. The maximum absolute atomic E-state index is 5.56. The first kappa shape index (κ1) is 12.9. The zero-order chi connectivity index (χ0) is 13.0. The van der Waals surface area contributed by atoms with Crippen molar-refractivity contribution in [1.29, 1.82) is 0 Å². The second kappa shape index (κ2) is 5.89. The third-order valence-corrected chi connectivity index (χ3v) is 3.53. The minimum absolute atomic E-state index is 0.422. The molecule has 18 heavy (non-hydrogen) atoms. The second-order valence-corrected chi connectivity index (χ2v) is 5.11. The van der Waals surface area contributed by atoms with Gasteiger partial charge in [0.05, 0.1) is 0 Å². The predicted molar refractivity (Wildman–Crippen MR) is 83.8 cm³/mol. The second-order valence-electron chi connectivity index (χ2n) is 3.80. The Labute approximate surface area is 117 Å². The third-order valence-electron chi connectivity index (χ3n) is 2.55. The Balaban J connectivity index is 2.10. The molecule has 0 radical (unpaired) electrons. The topological polar surface area (TPSA) is 38.0 Å². The quantitative estimate of drug-likeness (QED) is 0.657. The molecule has 0 aliphatic rings. The standard InChI is InChI=1S/C14H14N2S2/c1-18-13-8-6-12(7-9-13)16-11-4-2-10(3-5-11)14(15)17/h2-9,16H,1H3,(H2,15,17). The van der Waals surface area contributed by atoms with Gasteiger partial charge in [0.1, 0.15) is 4.99 Å². The fourth-order valence-electron chi connectivity index (χ4n) is 1.56. The lowest BCUT2D eigenvalue weighted by molar-refractivity contribution is 1.44. The molecule has 2 rings (SSSR count). The van der Waals surface area contributed by atoms with E-state index in [1.807, 2.05) is 24.3 Å². The molecule has 2 nitrogen and oxygen atoms in total. The molecule has 2 aromatic carbocycles. The molecule has 0 unspecified atom stereocenters. The number of hydrogen-bond acceptors (Lipinski definition) is 3. The summed E-state index contributed by atoms with van der Waals surface area (Å²) in [6.07, 6.45) is 2.07. The maximum atomic E-state index is 5.56. The normalized spacial score (nSPS) is 10.1. The highest BCUT2D eigenvalue weighted by molar-refractivity contribution is 7.98. The van der Waals surface area contributed by atoms with Gasteiger partial charge in [0, 0.05) is 21.8 Å². The highest BCUT2D eigenvalue weighted by atomic mass is 32.2. The van der Waals surface area contributed by atoms with E-state index in [1.165, 1.54) is 4.90 Å². The van der Waals surface area contributed by atoms with Crippen LogP contribution in [0.5, 0.6) is 0 Å². The van der Waals surface area contributed by atoms with Crippen LogP contribution in [0.1, 0.15) is 5.56 Å². The van der Waals surface area contributed by atoms with Crippen LogP contribution in [-0.2, 0) is 0 Å². The summed E-state index contributed by atoms with van der Waals surface area (Å²) in [5, 5.41) is 3.33. The van der Waals surface area contributed by atoms with Crippen LogP contribution < -0.4 is 11.1 Å². The van der Waals surface area contributed by atoms with Gasteiger partial charge in [0.25, 0.3) is 0 Å². The minimum atomic E-state index is 0.422. The molecule has 0 aliphatic carbocycles. The van der Waals surface area contributed by atoms with Crippen molar-refractivity contribution >= 4 is 40.3 Å². The summed E-state index contributed by atoms with van der Waals surface area (Å²) in [6, 6.07) is 16.1. The lowest BCUT2D eigenvalue weighted by Gasteiger charge is -2.07. The van der Waals surface area contributed by atoms with E-state index in [1.54, 1.807) is 11.8 Å². The van der Waals surface area contributed by atoms with Crippen molar-refractivity contribution in [3.63, 3.8) is 0 Å². The fourth-order valence-corrected chi connectivity index (χ4v) is 2.10. The molecule has 0 saturated heterocycles. The van der Waals surface area contributed by atoms with Crippen LogP contribution >= 0.6 is 24.0 Å². The summed E-state index contributed by atoms with van der Waals surface area (Å²) >= 11 is 6.65. The van der Waals surface area contributed by atoms with Crippen LogP contribution in [0.4, 0.5) is 11.4 Å². The Morgan fingerprint density at radius 3 is 1.94 bits per heavy atom. The first-order valence-corrected chi connectivity index (χ1v) is 7.13. The number of anilines is 2. The summed E-state index contributed by atoms with van der Waals surface area (Å²) in [6.45, 7) is 0. The van der Waals surface area contributed by atoms with E-state index in [0.29, 0.717) is 4.99 Å². The molecule has 0 spiro atoms. The van der Waals surface area contributed by atoms with Gasteiger partial charge < -0.3 is 11.1 Å². The summed E-state index contributed by atoms with van der Waals surface area (Å²) in [7, 11) is 0. The number of nitrogens with one attached hydrogen (secondary N) is 1. The van der Waals surface area contributed by atoms with E-state index in [2.05, 4.69) is 35.8 Å². The zero-order valence-corrected chi connectivity index (χ0v) is 11.6. The Morgan fingerprint density at radius 1 is 1.00 bits per heavy atom. The van der Waals surface area contributed by atoms with Crippen molar-refractivity contribution in [3.8, 4) is 0 Å². The van der Waals surface area contributed by atoms with Gasteiger partial charge in [-0.1, -0.05) is 12.2 Å². The number of hydrogen-bond donors (Lipinski definition) is 2. The lowest BCUT2D eigenvalue weighted by atomic mass is 10.2. The number of thioether (sulfide) groups is 1. The van der Waals surface area contributed by atoms with E-state index in [9.17, 15) is 0 Å². The van der Waals surface area contributed by atoms with Crippen molar-refractivity contribution in [2.45, 2.75) is 4.90 Å². The van der Waals surface area contributed by atoms with Crippen molar-refractivity contribution in [2.24, 2.45) is 5.73 Å². The molecule has 0 fully saturated rings. The molecule has 0 atom stereocenters. The summed E-state index contributed by atoms with van der Waals surface area (Å²) < 4.78 is 0. The zero-order valence-electron chi connectivity index (χ0n) is 10.0. The Bertz CT molecular complexity index is 533. The molecule has 0 amide bonds. The number of nitrogens with two attached hydrogens (primary N) is 1. The van der Waals surface area contributed by atoms with E-state index in [-0.39, 0.29) is 0 Å². The predicted octanol–water partition coefficient (Wildman–Crippen LogP) is 3.79. The van der Waals surface area contributed by atoms with Crippen LogP contribution in [0.2, 0.25) is 0 Å². The first-order chi connectivity index (χ1) is 8.69. The highest BCUT2D eigenvalue weighted by Crippen LogP contribution is 2.21. The molecule has 0 bridgehead atoms. The van der Waals surface area contributed by atoms with Gasteiger partial charge in [-0.25, -0.2) is 0 Å². The fraction of sp³-hybridized carbons (Fsp3) is 0.0714. The molecule has 0 aliphatic heterocycles. The molecule has 92 valence electrons. The molecule has 0 heterocycles. The lowest BCUT2D eigenvalue weighted by Crippen LogP contribution is -2.08. The van der Waals surface area contributed by atoms with Crippen LogP contribution in [-0.4, -0.2) is 11.2 Å². The smallest absolute Gasteiger partial charge is 0.103 e. The number of benzene rings is 2. The SMILES string of the molecule is CSc1ccc(Nc2ccc(C(N)=S)cc2)cc1. The molecular formula is C14H14N2S2. The largest absolute Gasteiger partial charge is 0.389 e. The van der Waals surface area contributed by atoms with Gasteiger partial charge in [-0.3, -0.25) is 0 Å². The average molecular weight is 274 g/mol. The summed E-state index contributed by atoms with van der Waals surface area (Å²) in [5.41, 5.74) is 8.53. The molecule has 4 heteroatoms. The first-order valence-electron chi connectivity index (χ1n) is 5.50. The van der Waals surface area contributed by atoms with E-state index >= 15 is 0 Å². The van der Waals surface area contributed by atoms with E-state index in [0.717, 1.165) is 16.9 Å². The Morgan fingerprint density at radius 2 is 1.50 bits per heavy atom. The highest BCUT2D eigenvalue weighted by Gasteiger charge is 1.98. The van der Waals surface area contributed by atoms with Crippen molar-refractivity contribution in [1.82, 2.24) is 0 Å². The van der Waals surface area contributed by atoms with Gasteiger partial charge >= 0.3 is 0 Å². The van der Waals surface area contributed by atoms with Crippen LogP contribution in [0, 0.1) is 0 Å². The van der Waals surface area contributed by atoms with Crippen LogP contribution in [0.15, 0.2) is 53.4 Å². The molecule has 2 aromatic rings. The van der Waals surface area contributed by atoms with E-state index < -0.39 is 0 Å². The van der Waals surface area contributed by atoms with Gasteiger partial charge in [-0.15, -0.1) is 11.8 Å². The number of rotatable bonds is 4. The van der Waals surface area contributed by atoms with Crippen LogP contribution in [0.25, 0.3) is 0 Å². The molecule has 0 aromatic heterocycles. The molecular weight excluding hydrogens is 260 g/mol. The minimum Gasteiger partial charge on any atom is -0.389 e. The van der Waals surface area contributed by atoms with Crippen molar-refractivity contribution in [2.75, 3.05) is 11.6 Å². The van der Waals surface area contributed by atoms with Gasteiger partial charge in [0.15, 0.2) is 0 Å². The molecule has 0 saturated carbocycles. The monoisotopic (exact) mass is 274 g/mol. The Kier molecular flexibility index (Phi) is 4.23. The van der Waals surface area contributed by atoms with Gasteiger partial charge in [-0.05, 0) is 54.8 Å². The van der Waals surface area contributed by atoms with Crippen molar-refractivity contribution < 1.29 is 0 Å². The number of thiocarbonyl (C=S) groups is 1. The Hall–Kier alpha value is -1.52. The van der Waals surface area contributed by atoms with Crippen molar-refractivity contribution in [3.05, 3.63) is 54.1 Å². The van der Waals surface area contributed by atoms with Crippen LogP contribution in [0.3, 0.4) is 0 Å². The molecule has 3 N–H and O–H groups in total.